The van der Waals surface area contributed by atoms with Crippen LogP contribution in [-0.2, 0) is 0 Å². The van der Waals surface area contributed by atoms with Crippen molar-refractivity contribution >= 4 is 43.5 Å². The molecule has 23 heavy (non-hydrogen) atoms. The molecular weight excluding hydrogens is 416 g/mol. The Morgan fingerprint density at radius 3 is 2.43 bits per heavy atom. The quantitative estimate of drug-likeness (QED) is 0.466. The summed E-state index contributed by atoms with van der Waals surface area (Å²) >= 11 is 6.90. The Morgan fingerprint density at radius 1 is 0.957 bits per heavy atom. The summed E-state index contributed by atoms with van der Waals surface area (Å²) in [5, 5.41) is 9.52. The average Bonchev–Trinajstić information content (AvgIpc) is 3.01. The minimum Gasteiger partial charge on any atom is -0.317 e. The van der Waals surface area contributed by atoms with E-state index in [1.807, 2.05) is 72.9 Å². The average molecular weight is 428 g/mol. The van der Waals surface area contributed by atoms with E-state index < -0.39 is 0 Å². The van der Waals surface area contributed by atoms with Crippen molar-refractivity contribution in [2.45, 2.75) is 0 Å². The number of hydrogen-bond acceptors (Lipinski definition) is 1. The zero-order valence-electron chi connectivity index (χ0n) is 12.1. The Labute approximate surface area is 151 Å². The van der Waals surface area contributed by atoms with Gasteiger partial charge in [-0.15, -0.1) is 0 Å². The molecule has 0 bridgehead atoms. The van der Waals surface area contributed by atoms with Gasteiger partial charge in [-0.1, -0.05) is 44.0 Å². The molecule has 2 nitrogen and oxygen atoms in total. The highest BCUT2D eigenvalue weighted by Gasteiger charge is 2.06. The van der Waals surface area contributed by atoms with Gasteiger partial charge in [0, 0.05) is 26.5 Å². The first-order chi connectivity index (χ1) is 11.2. The second kappa shape index (κ2) is 6.99. The van der Waals surface area contributed by atoms with E-state index in [2.05, 4.69) is 42.5 Å². The standard InChI is InChI=1S/C19H12Br2N2/c20-16-6-8-18(9-7-16)23-10-2-5-19(23)12-15(13-22)14-3-1-4-17(21)11-14/h1-12H/b15-12-. The Morgan fingerprint density at radius 2 is 1.74 bits per heavy atom. The molecule has 1 heterocycles. The van der Waals surface area contributed by atoms with Crippen molar-refractivity contribution in [1.29, 1.82) is 5.26 Å². The lowest BCUT2D eigenvalue weighted by Gasteiger charge is -2.07. The Hall–Kier alpha value is -2.09. The maximum absolute atomic E-state index is 9.52. The maximum atomic E-state index is 9.52. The van der Waals surface area contributed by atoms with Crippen molar-refractivity contribution in [1.82, 2.24) is 4.57 Å². The maximum Gasteiger partial charge on any atom is 0.0998 e. The molecule has 0 atom stereocenters. The SMILES string of the molecule is N#C/C(=C/c1cccn1-c1ccc(Br)cc1)c1cccc(Br)c1. The van der Waals surface area contributed by atoms with Crippen molar-refractivity contribution in [3.05, 3.63) is 87.1 Å². The molecule has 0 amide bonds. The van der Waals surface area contributed by atoms with Crippen LogP contribution in [0.1, 0.15) is 11.3 Å². The fraction of sp³-hybridized carbons (Fsp3) is 0. The predicted octanol–water partition coefficient (Wildman–Crippen LogP) is 6.07. The molecule has 0 saturated carbocycles. The number of nitrogens with zero attached hydrogens (tertiary/aromatic N) is 2. The molecule has 0 unspecified atom stereocenters. The van der Waals surface area contributed by atoms with Gasteiger partial charge in [0.2, 0.25) is 0 Å². The van der Waals surface area contributed by atoms with Crippen molar-refractivity contribution in [3.63, 3.8) is 0 Å². The minimum absolute atomic E-state index is 0.628. The van der Waals surface area contributed by atoms with Crippen LogP contribution < -0.4 is 0 Å². The second-order valence-electron chi connectivity index (χ2n) is 4.96. The number of allylic oxidation sites excluding steroid dienone is 1. The first kappa shape index (κ1) is 15.8. The van der Waals surface area contributed by atoms with Crippen LogP contribution in [0.3, 0.4) is 0 Å². The monoisotopic (exact) mass is 426 g/mol. The lowest BCUT2D eigenvalue weighted by molar-refractivity contribution is 1.06. The first-order valence-corrected chi connectivity index (χ1v) is 8.57. The molecule has 4 heteroatoms. The van der Waals surface area contributed by atoms with Gasteiger partial charge in [-0.05, 0) is 60.2 Å². The lowest BCUT2D eigenvalue weighted by atomic mass is 10.1. The van der Waals surface area contributed by atoms with Gasteiger partial charge in [-0.2, -0.15) is 5.26 Å². The highest BCUT2D eigenvalue weighted by Crippen LogP contribution is 2.23. The number of hydrogen-bond donors (Lipinski definition) is 0. The Kier molecular flexibility index (Phi) is 4.80. The summed E-state index contributed by atoms with van der Waals surface area (Å²) < 4.78 is 4.05. The van der Waals surface area contributed by atoms with Crippen molar-refractivity contribution < 1.29 is 0 Å². The molecule has 1 aromatic heterocycles. The largest absolute Gasteiger partial charge is 0.317 e. The summed E-state index contributed by atoms with van der Waals surface area (Å²) in [6, 6.07) is 22.1. The van der Waals surface area contributed by atoms with Gasteiger partial charge >= 0.3 is 0 Å². The molecule has 112 valence electrons. The third-order valence-corrected chi connectivity index (χ3v) is 4.46. The molecule has 0 aliphatic rings. The van der Waals surface area contributed by atoms with Crippen molar-refractivity contribution in [2.75, 3.05) is 0 Å². The zero-order chi connectivity index (χ0) is 16.2. The summed E-state index contributed by atoms with van der Waals surface area (Å²) in [6.45, 7) is 0. The molecule has 3 aromatic rings. The van der Waals surface area contributed by atoms with Gasteiger partial charge in [0.15, 0.2) is 0 Å². The number of aromatic nitrogens is 1. The van der Waals surface area contributed by atoms with Gasteiger partial charge in [-0.3, -0.25) is 0 Å². The number of rotatable bonds is 3. The van der Waals surface area contributed by atoms with Crippen LogP contribution in [-0.4, -0.2) is 4.57 Å². The van der Waals surface area contributed by atoms with Crippen LogP contribution in [0.4, 0.5) is 0 Å². The molecule has 0 aliphatic heterocycles. The smallest absolute Gasteiger partial charge is 0.0998 e. The van der Waals surface area contributed by atoms with Crippen LogP contribution >= 0.6 is 31.9 Å². The summed E-state index contributed by atoms with van der Waals surface area (Å²) in [4.78, 5) is 0. The Balaban J connectivity index is 2.04. The molecule has 0 radical (unpaired) electrons. The van der Waals surface area contributed by atoms with Gasteiger partial charge < -0.3 is 4.57 Å². The first-order valence-electron chi connectivity index (χ1n) is 6.98. The second-order valence-corrected chi connectivity index (χ2v) is 6.79. The highest BCUT2D eigenvalue weighted by molar-refractivity contribution is 9.10. The summed E-state index contributed by atoms with van der Waals surface area (Å²) in [7, 11) is 0. The topological polar surface area (TPSA) is 28.7 Å². The normalized spacial score (nSPS) is 11.3. The molecule has 0 saturated heterocycles. The van der Waals surface area contributed by atoms with E-state index in [0.29, 0.717) is 5.57 Å². The van der Waals surface area contributed by atoms with E-state index in [-0.39, 0.29) is 0 Å². The predicted molar refractivity (Wildman–Crippen MR) is 101 cm³/mol. The van der Waals surface area contributed by atoms with Crippen molar-refractivity contribution in [3.8, 4) is 11.8 Å². The molecule has 2 aromatic carbocycles. The summed E-state index contributed by atoms with van der Waals surface area (Å²) in [6.07, 6.45) is 3.90. The van der Waals surface area contributed by atoms with Crippen LogP contribution in [0.5, 0.6) is 0 Å². The molecule has 3 rings (SSSR count). The molecule has 0 N–H and O–H groups in total. The third-order valence-electron chi connectivity index (χ3n) is 3.43. The van der Waals surface area contributed by atoms with Gasteiger partial charge in [0.05, 0.1) is 11.6 Å². The summed E-state index contributed by atoms with van der Waals surface area (Å²) in [5.41, 5.74) is 3.54. The minimum atomic E-state index is 0.628. The zero-order valence-corrected chi connectivity index (χ0v) is 15.3. The Bertz CT molecular complexity index is 900. The van der Waals surface area contributed by atoms with E-state index in [4.69, 9.17) is 0 Å². The van der Waals surface area contributed by atoms with Crippen molar-refractivity contribution in [2.24, 2.45) is 0 Å². The molecule has 0 spiro atoms. The van der Waals surface area contributed by atoms with Crippen LogP contribution in [0.2, 0.25) is 0 Å². The number of benzene rings is 2. The molecule has 0 fully saturated rings. The summed E-state index contributed by atoms with van der Waals surface area (Å²) in [5.74, 6) is 0. The lowest BCUT2D eigenvalue weighted by Crippen LogP contribution is -1.95. The molecular formula is C19H12Br2N2. The fourth-order valence-electron chi connectivity index (χ4n) is 2.33. The van der Waals surface area contributed by atoms with E-state index in [0.717, 1.165) is 25.9 Å². The van der Waals surface area contributed by atoms with E-state index in [1.54, 1.807) is 0 Å². The number of halogens is 2. The van der Waals surface area contributed by atoms with Crippen LogP contribution in [0, 0.1) is 11.3 Å². The van der Waals surface area contributed by atoms with Gasteiger partial charge in [0.25, 0.3) is 0 Å². The van der Waals surface area contributed by atoms with Crippen LogP contribution in [0.25, 0.3) is 17.3 Å². The molecule has 0 aliphatic carbocycles. The van der Waals surface area contributed by atoms with Gasteiger partial charge in [0.1, 0.15) is 0 Å². The van der Waals surface area contributed by atoms with Crippen LogP contribution in [0.15, 0.2) is 75.8 Å². The fourth-order valence-corrected chi connectivity index (χ4v) is 3.00. The number of nitriles is 1. The third kappa shape index (κ3) is 3.64. The van der Waals surface area contributed by atoms with E-state index in [1.165, 1.54) is 0 Å². The van der Waals surface area contributed by atoms with E-state index in [9.17, 15) is 5.26 Å². The van der Waals surface area contributed by atoms with E-state index >= 15 is 0 Å². The van der Waals surface area contributed by atoms with Gasteiger partial charge in [-0.25, -0.2) is 0 Å². The highest BCUT2D eigenvalue weighted by atomic mass is 79.9.